The molecule has 3 rings (SSSR count). The SMILES string of the molecule is O=C(COc1cccc(Br)c1)OCc1ccccc1Oc1ccccc1. The number of hydrogen-bond acceptors (Lipinski definition) is 4. The first-order chi connectivity index (χ1) is 12.7. The monoisotopic (exact) mass is 412 g/mol. The number of halogens is 1. The van der Waals surface area contributed by atoms with E-state index in [2.05, 4.69) is 15.9 Å². The molecule has 0 aromatic heterocycles. The van der Waals surface area contributed by atoms with Crippen molar-refractivity contribution in [3.05, 3.63) is 88.9 Å². The fourth-order valence-corrected chi connectivity index (χ4v) is 2.62. The fraction of sp³-hybridized carbons (Fsp3) is 0.0952. The molecule has 0 saturated carbocycles. The summed E-state index contributed by atoms with van der Waals surface area (Å²) >= 11 is 3.36. The largest absolute Gasteiger partial charge is 0.482 e. The number of hydrogen-bond donors (Lipinski definition) is 0. The van der Waals surface area contributed by atoms with Gasteiger partial charge in [-0.05, 0) is 36.4 Å². The van der Waals surface area contributed by atoms with E-state index in [0.717, 1.165) is 15.8 Å². The van der Waals surface area contributed by atoms with Gasteiger partial charge in [0.05, 0.1) is 0 Å². The van der Waals surface area contributed by atoms with Crippen LogP contribution < -0.4 is 9.47 Å². The van der Waals surface area contributed by atoms with Crippen molar-refractivity contribution in [1.82, 2.24) is 0 Å². The zero-order valence-corrected chi connectivity index (χ0v) is 15.5. The molecule has 0 amide bonds. The second-order valence-corrected chi connectivity index (χ2v) is 6.35. The summed E-state index contributed by atoms with van der Waals surface area (Å²) in [7, 11) is 0. The van der Waals surface area contributed by atoms with E-state index in [1.54, 1.807) is 12.1 Å². The van der Waals surface area contributed by atoms with E-state index in [1.165, 1.54) is 0 Å². The molecule has 0 heterocycles. The van der Waals surface area contributed by atoms with Gasteiger partial charge in [0.25, 0.3) is 0 Å². The Kier molecular flexibility index (Phi) is 6.28. The van der Waals surface area contributed by atoms with Crippen molar-refractivity contribution in [2.75, 3.05) is 6.61 Å². The Bertz CT molecular complexity index is 865. The van der Waals surface area contributed by atoms with Gasteiger partial charge < -0.3 is 14.2 Å². The summed E-state index contributed by atoms with van der Waals surface area (Å²) in [5.41, 5.74) is 0.784. The maximum atomic E-state index is 11.9. The van der Waals surface area contributed by atoms with E-state index in [-0.39, 0.29) is 13.2 Å². The molecule has 0 radical (unpaired) electrons. The summed E-state index contributed by atoms with van der Waals surface area (Å²) in [5, 5.41) is 0. The third-order valence-electron chi connectivity index (χ3n) is 3.49. The molecular formula is C21H17BrO4. The lowest BCUT2D eigenvalue weighted by Gasteiger charge is -2.12. The second-order valence-electron chi connectivity index (χ2n) is 5.43. The summed E-state index contributed by atoms with van der Waals surface area (Å²) < 4.78 is 17.5. The van der Waals surface area contributed by atoms with Crippen LogP contribution in [0.25, 0.3) is 0 Å². The summed E-state index contributed by atoms with van der Waals surface area (Å²) in [4.78, 5) is 11.9. The van der Waals surface area contributed by atoms with Crippen LogP contribution >= 0.6 is 15.9 Å². The highest BCUT2D eigenvalue weighted by Gasteiger charge is 2.09. The predicted octanol–water partition coefficient (Wildman–Crippen LogP) is 5.36. The van der Waals surface area contributed by atoms with Crippen molar-refractivity contribution in [3.63, 3.8) is 0 Å². The van der Waals surface area contributed by atoms with Crippen LogP contribution in [0.3, 0.4) is 0 Å². The quantitative estimate of drug-likeness (QED) is 0.489. The van der Waals surface area contributed by atoms with Gasteiger partial charge in [0.15, 0.2) is 6.61 Å². The molecule has 0 unspecified atom stereocenters. The van der Waals surface area contributed by atoms with Crippen LogP contribution in [0, 0.1) is 0 Å². The zero-order valence-electron chi connectivity index (χ0n) is 13.9. The molecule has 0 spiro atoms. The normalized spacial score (nSPS) is 10.2. The minimum absolute atomic E-state index is 0.115. The van der Waals surface area contributed by atoms with Crippen molar-refractivity contribution in [2.45, 2.75) is 6.61 Å². The molecule has 0 saturated heterocycles. The van der Waals surface area contributed by atoms with Crippen LogP contribution in [0.4, 0.5) is 0 Å². The molecule has 0 aliphatic carbocycles. The van der Waals surface area contributed by atoms with E-state index < -0.39 is 5.97 Å². The van der Waals surface area contributed by atoms with Crippen molar-refractivity contribution in [1.29, 1.82) is 0 Å². The number of carbonyl (C=O) groups excluding carboxylic acids is 1. The van der Waals surface area contributed by atoms with Crippen molar-refractivity contribution < 1.29 is 19.0 Å². The lowest BCUT2D eigenvalue weighted by molar-refractivity contribution is -0.147. The summed E-state index contributed by atoms with van der Waals surface area (Å²) in [6, 6.07) is 24.2. The minimum Gasteiger partial charge on any atom is -0.482 e. The van der Waals surface area contributed by atoms with Crippen LogP contribution in [0.1, 0.15) is 5.56 Å². The Balaban J connectivity index is 1.55. The molecule has 5 heteroatoms. The number of rotatable bonds is 7. The molecule has 0 fully saturated rings. The molecular weight excluding hydrogens is 396 g/mol. The molecule has 0 aliphatic heterocycles. The molecule has 4 nitrogen and oxygen atoms in total. The molecule has 0 bridgehead atoms. The van der Waals surface area contributed by atoms with E-state index >= 15 is 0 Å². The maximum absolute atomic E-state index is 11.9. The first kappa shape index (κ1) is 18.0. The third kappa shape index (κ3) is 5.36. The lowest BCUT2D eigenvalue weighted by Crippen LogP contribution is -2.15. The smallest absolute Gasteiger partial charge is 0.344 e. The first-order valence-electron chi connectivity index (χ1n) is 8.05. The molecule has 132 valence electrons. The van der Waals surface area contributed by atoms with Gasteiger partial charge in [-0.2, -0.15) is 0 Å². The Morgan fingerprint density at radius 3 is 2.38 bits per heavy atom. The lowest BCUT2D eigenvalue weighted by atomic mass is 10.2. The summed E-state index contributed by atoms with van der Waals surface area (Å²) in [6.45, 7) is -0.0398. The van der Waals surface area contributed by atoms with Gasteiger partial charge in [-0.15, -0.1) is 0 Å². The number of benzene rings is 3. The van der Waals surface area contributed by atoms with E-state index in [9.17, 15) is 4.79 Å². The van der Waals surface area contributed by atoms with Crippen LogP contribution in [0.5, 0.6) is 17.2 Å². The van der Waals surface area contributed by atoms with Gasteiger partial charge in [-0.25, -0.2) is 4.79 Å². The molecule has 3 aromatic rings. The molecule has 0 aliphatic rings. The molecule has 3 aromatic carbocycles. The van der Waals surface area contributed by atoms with E-state index in [4.69, 9.17) is 14.2 Å². The summed E-state index contributed by atoms with van der Waals surface area (Å²) in [6.07, 6.45) is 0. The van der Waals surface area contributed by atoms with Gasteiger partial charge in [0.1, 0.15) is 23.9 Å². The molecule has 26 heavy (non-hydrogen) atoms. The highest BCUT2D eigenvalue weighted by molar-refractivity contribution is 9.10. The van der Waals surface area contributed by atoms with Crippen molar-refractivity contribution in [3.8, 4) is 17.2 Å². The van der Waals surface area contributed by atoms with Gasteiger partial charge in [0, 0.05) is 10.0 Å². The Hall–Kier alpha value is -2.79. The van der Waals surface area contributed by atoms with Gasteiger partial charge in [-0.1, -0.05) is 58.4 Å². The average molecular weight is 413 g/mol. The van der Waals surface area contributed by atoms with E-state index in [0.29, 0.717) is 11.5 Å². The number of para-hydroxylation sites is 2. The zero-order chi connectivity index (χ0) is 18.2. The van der Waals surface area contributed by atoms with Crippen molar-refractivity contribution >= 4 is 21.9 Å². The number of ether oxygens (including phenoxy) is 3. The highest BCUT2D eigenvalue weighted by Crippen LogP contribution is 2.25. The number of carbonyl (C=O) groups is 1. The van der Waals surface area contributed by atoms with Crippen LogP contribution in [0.15, 0.2) is 83.3 Å². The minimum atomic E-state index is -0.445. The fourth-order valence-electron chi connectivity index (χ4n) is 2.24. The van der Waals surface area contributed by atoms with Gasteiger partial charge in [-0.3, -0.25) is 0 Å². The highest BCUT2D eigenvalue weighted by atomic mass is 79.9. The standard InChI is InChI=1S/C21H17BrO4/c22-17-8-6-11-19(13-17)24-15-21(23)25-14-16-7-4-5-12-20(16)26-18-9-2-1-3-10-18/h1-13H,14-15H2. The maximum Gasteiger partial charge on any atom is 0.344 e. The average Bonchev–Trinajstić information content (AvgIpc) is 2.66. The Labute approximate surface area is 160 Å². The number of esters is 1. The van der Waals surface area contributed by atoms with Crippen LogP contribution in [0.2, 0.25) is 0 Å². The first-order valence-corrected chi connectivity index (χ1v) is 8.85. The third-order valence-corrected chi connectivity index (χ3v) is 3.98. The van der Waals surface area contributed by atoms with E-state index in [1.807, 2.05) is 66.7 Å². The molecule has 0 N–H and O–H groups in total. The second kappa shape index (κ2) is 9.06. The Morgan fingerprint density at radius 2 is 1.58 bits per heavy atom. The topological polar surface area (TPSA) is 44.8 Å². The van der Waals surface area contributed by atoms with Crippen LogP contribution in [-0.4, -0.2) is 12.6 Å². The van der Waals surface area contributed by atoms with Gasteiger partial charge >= 0.3 is 5.97 Å². The predicted molar refractivity (Wildman–Crippen MR) is 102 cm³/mol. The van der Waals surface area contributed by atoms with Crippen LogP contribution in [-0.2, 0) is 16.1 Å². The van der Waals surface area contributed by atoms with Crippen molar-refractivity contribution in [2.24, 2.45) is 0 Å². The van der Waals surface area contributed by atoms with Gasteiger partial charge in [0.2, 0.25) is 0 Å². The Morgan fingerprint density at radius 1 is 0.846 bits per heavy atom. The molecule has 0 atom stereocenters. The summed E-state index contributed by atoms with van der Waals surface area (Å²) in [5.74, 6) is 1.53.